The third-order valence-electron chi connectivity index (χ3n) is 8.66. The second-order valence-electron chi connectivity index (χ2n) is 13.1. The Balaban J connectivity index is 3.77. The molecule has 0 heterocycles. The molecule has 0 radical (unpaired) electrons. The third-order valence-corrected chi connectivity index (χ3v) is 8.66. The molecule has 0 aromatic rings. The molecule has 1 atom stereocenters. The molecule has 0 rings (SSSR count). The van der Waals surface area contributed by atoms with Crippen LogP contribution >= 0.6 is 0 Å². The summed E-state index contributed by atoms with van der Waals surface area (Å²) in [5, 5.41) is 3.36. The van der Waals surface area contributed by atoms with Crippen LogP contribution in [0.15, 0.2) is 36.5 Å². The maximum atomic E-state index is 12.3. The number of nitrogens with one attached hydrogen (secondary N) is 1. The van der Waals surface area contributed by atoms with E-state index in [9.17, 15) is 4.79 Å². The summed E-state index contributed by atoms with van der Waals surface area (Å²) in [6, 6.07) is 0.390. The van der Waals surface area contributed by atoms with Crippen LogP contribution in [-0.4, -0.2) is 11.9 Å². The van der Waals surface area contributed by atoms with Crippen LogP contribution < -0.4 is 5.32 Å². The van der Waals surface area contributed by atoms with Crippen molar-refractivity contribution in [3.8, 4) is 0 Å². The molecule has 1 amide bonds. The maximum absolute atomic E-state index is 12.3. The number of allylic oxidation sites excluding steroid dienone is 6. The smallest absolute Gasteiger partial charge is 0.220 e. The minimum absolute atomic E-state index is 0.261. The first-order valence-electron chi connectivity index (χ1n) is 19.5. The van der Waals surface area contributed by atoms with Crippen molar-refractivity contribution in [1.82, 2.24) is 5.32 Å². The zero-order chi connectivity index (χ0) is 31.3. The normalized spacial score (nSPS) is 12.7. The Hall–Kier alpha value is -1.31. The second kappa shape index (κ2) is 36.9. The number of unbranched alkanes of at least 4 members (excludes halogenated alkanes) is 21. The molecule has 1 N–H and O–H groups in total. The molecule has 0 saturated heterocycles. The molecule has 0 bridgehead atoms. The third kappa shape index (κ3) is 35.0. The lowest BCUT2D eigenvalue weighted by Gasteiger charge is -2.19. The molecule has 1 unspecified atom stereocenters. The van der Waals surface area contributed by atoms with Crippen LogP contribution in [0, 0.1) is 0 Å². The van der Waals surface area contributed by atoms with Crippen LogP contribution in [0.25, 0.3) is 0 Å². The summed E-state index contributed by atoms with van der Waals surface area (Å²) in [7, 11) is 0. The highest BCUT2D eigenvalue weighted by Gasteiger charge is 2.11. The summed E-state index contributed by atoms with van der Waals surface area (Å²) < 4.78 is 0. The van der Waals surface area contributed by atoms with Gasteiger partial charge >= 0.3 is 0 Å². The monoisotopic (exact) mass is 600 g/mol. The van der Waals surface area contributed by atoms with Gasteiger partial charge in [0.1, 0.15) is 0 Å². The van der Waals surface area contributed by atoms with Crippen LogP contribution in [0.1, 0.15) is 213 Å². The molecule has 43 heavy (non-hydrogen) atoms. The minimum Gasteiger partial charge on any atom is -0.353 e. The number of amides is 1. The Morgan fingerprint density at radius 3 is 1.23 bits per heavy atom. The quantitative estimate of drug-likeness (QED) is 0.0578. The molecule has 2 nitrogen and oxygen atoms in total. The molecular formula is C41H77NO. The topological polar surface area (TPSA) is 29.1 Å². The number of hydrogen-bond acceptors (Lipinski definition) is 1. The lowest BCUT2D eigenvalue weighted by molar-refractivity contribution is -0.121. The Kier molecular flexibility index (Phi) is 35.8. The molecule has 0 saturated carbocycles. The van der Waals surface area contributed by atoms with Gasteiger partial charge in [0.15, 0.2) is 0 Å². The highest BCUT2D eigenvalue weighted by atomic mass is 16.1. The van der Waals surface area contributed by atoms with Crippen molar-refractivity contribution in [3.05, 3.63) is 36.5 Å². The predicted octanol–water partition coefficient (Wildman–Crippen LogP) is 13.9. The zero-order valence-electron chi connectivity index (χ0n) is 29.7. The zero-order valence-corrected chi connectivity index (χ0v) is 29.7. The molecule has 0 spiro atoms. The van der Waals surface area contributed by atoms with Crippen molar-refractivity contribution >= 4 is 5.91 Å². The standard InChI is InChI=1S/C41H77NO/c1-4-7-9-11-13-15-17-19-21-23-25-27-29-31-33-35-38-40(42-41(43)37-6-3)39-36-34-32-30-28-26-24-22-20-18-16-14-12-10-8-5-2/h13,15,19-22,40H,4-12,14,16-18,23-39H2,1-3H3,(H,42,43)/b15-13-,21-19-,22-20-. The van der Waals surface area contributed by atoms with E-state index in [1.165, 1.54) is 161 Å². The fourth-order valence-electron chi connectivity index (χ4n) is 5.83. The minimum atomic E-state index is 0.261. The van der Waals surface area contributed by atoms with Crippen molar-refractivity contribution < 1.29 is 4.79 Å². The highest BCUT2D eigenvalue weighted by Crippen LogP contribution is 2.16. The predicted molar refractivity (Wildman–Crippen MR) is 195 cm³/mol. The molecule has 0 fully saturated rings. The van der Waals surface area contributed by atoms with Crippen LogP contribution in [0.2, 0.25) is 0 Å². The van der Waals surface area contributed by atoms with Gasteiger partial charge in [0, 0.05) is 12.5 Å². The highest BCUT2D eigenvalue weighted by molar-refractivity contribution is 5.76. The van der Waals surface area contributed by atoms with Gasteiger partial charge in [0.2, 0.25) is 5.91 Å². The van der Waals surface area contributed by atoms with E-state index < -0.39 is 0 Å². The van der Waals surface area contributed by atoms with Crippen molar-refractivity contribution in [1.29, 1.82) is 0 Å². The number of hydrogen-bond donors (Lipinski definition) is 1. The molecule has 0 aliphatic rings. The lowest BCUT2D eigenvalue weighted by atomic mass is 9.99. The van der Waals surface area contributed by atoms with Gasteiger partial charge in [-0.25, -0.2) is 0 Å². The van der Waals surface area contributed by atoms with Gasteiger partial charge in [-0.05, 0) is 77.0 Å². The van der Waals surface area contributed by atoms with Gasteiger partial charge < -0.3 is 5.32 Å². The first-order valence-corrected chi connectivity index (χ1v) is 19.5. The molecule has 0 aromatic heterocycles. The Morgan fingerprint density at radius 1 is 0.442 bits per heavy atom. The van der Waals surface area contributed by atoms with E-state index in [1.807, 2.05) is 0 Å². The second-order valence-corrected chi connectivity index (χ2v) is 13.1. The van der Waals surface area contributed by atoms with E-state index >= 15 is 0 Å². The van der Waals surface area contributed by atoms with Crippen molar-refractivity contribution in [2.75, 3.05) is 0 Å². The fraction of sp³-hybridized carbons (Fsp3) is 0.829. The van der Waals surface area contributed by atoms with Gasteiger partial charge in [0.05, 0.1) is 0 Å². The summed E-state index contributed by atoms with van der Waals surface area (Å²) in [5.74, 6) is 0.261. The van der Waals surface area contributed by atoms with Crippen LogP contribution in [0.4, 0.5) is 0 Å². The van der Waals surface area contributed by atoms with Gasteiger partial charge in [-0.3, -0.25) is 4.79 Å². The molecule has 252 valence electrons. The summed E-state index contributed by atoms with van der Waals surface area (Å²) in [6.45, 7) is 6.65. The lowest BCUT2D eigenvalue weighted by Crippen LogP contribution is -2.34. The molecule has 0 aliphatic carbocycles. The van der Waals surface area contributed by atoms with E-state index in [0.29, 0.717) is 12.5 Å². The molecular weight excluding hydrogens is 522 g/mol. The first kappa shape index (κ1) is 41.7. The Bertz CT molecular complexity index is 634. The number of carbonyl (C=O) groups is 1. The van der Waals surface area contributed by atoms with E-state index in [1.54, 1.807) is 0 Å². The summed E-state index contributed by atoms with van der Waals surface area (Å²) in [6.07, 6.45) is 52.6. The summed E-state index contributed by atoms with van der Waals surface area (Å²) >= 11 is 0. The maximum Gasteiger partial charge on any atom is 0.220 e. The molecule has 0 aromatic carbocycles. The first-order chi connectivity index (χ1) is 21.2. The van der Waals surface area contributed by atoms with Gasteiger partial charge in [-0.1, -0.05) is 166 Å². The van der Waals surface area contributed by atoms with E-state index in [0.717, 1.165) is 25.7 Å². The van der Waals surface area contributed by atoms with Crippen LogP contribution in [0.5, 0.6) is 0 Å². The Morgan fingerprint density at radius 2 is 0.791 bits per heavy atom. The van der Waals surface area contributed by atoms with Gasteiger partial charge in [-0.15, -0.1) is 0 Å². The summed E-state index contributed by atoms with van der Waals surface area (Å²) in [4.78, 5) is 12.3. The van der Waals surface area contributed by atoms with E-state index in [4.69, 9.17) is 0 Å². The van der Waals surface area contributed by atoms with E-state index in [-0.39, 0.29) is 5.91 Å². The number of rotatable bonds is 34. The van der Waals surface area contributed by atoms with Crippen LogP contribution in [0.3, 0.4) is 0 Å². The van der Waals surface area contributed by atoms with Crippen molar-refractivity contribution in [2.24, 2.45) is 0 Å². The van der Waals surface area contributed by atoms with E-state index in [2.05, 4.69) is 62.5 Å². The van der Waals surface area contributed by atoms with Crippen molar-refractivity contribution in [3.63, 3.8) is 0 Å². The Labute approximate surface area is 271 Å². The van der Waals surface area contributed by atoms with Gasteiger partial charge in [0.25, 0.3) is 0 Å². The fourth-order valence-corrected chi connectivity index (χ4v) is 5.83. The largest absolute Gasteiger partial charge is 0.353 e. The molecule has 2 heteroatoms. The average molecular weight is 600 g/mol. The SMILES string of the molecule is CCCCC/C=C\C/C=C\CCCCCCCCC(CCCCCCCC/C=C\CCCCCCCC)NC(=O)CCC. The summed E-state index contributed by atoms with van der Waals surface area (Å²) in [5.41, 5.74) is 0. The van der Waals surface area contributed by atoms with Crippen LogP contribution in [-0.2, 0) is 4.79 Å². The average Bonchev–Trinajstić information content (AvgIpc) is 3.00. The molecule has 0 aliphatic heterocycles. The van der Waals surface area contributed by atoms with Gasteiger partial charge in [-0.2, -0.15) is 0 Å². The number of carbonyl (C=O) groups excluding carboxylic acids is 1. The van der Waals surface area contributed by atoms with Crippen molar-refractivity contribution in [2.45, 2.75) is 219 Å².